The van der Waals surface area contributed by atoms with Crippen molar-refractivity contribution in [3.8, 4) is 11.4 Å². The second-order valence-corrected chi connectivity index (χ2v) is 7.15. The molecule has 124 valence electrons. The lowest BCUT2D eigenvalue weighted by Gasteiger charge is -2.22. The van der Waals surface area contributed by atoms with Gasteiger partial charge in [0, 0.05) is 24.7 Å². The predicted molar refractivity (Wildman–Crippen MR) is 90.7 cm³/mol. The Balaban J connectivity index is 0.00000192. The van der Waals surface area contributed by atoms with E-state index in [1.807, 2.05) is 30.3 Å². The number of nitrogens with two attached hydrogens (primary N) is 1. The maximum absolute atomic E-state index is 12.6. The first-order chi connectivity index (χ1) is 10.6. The molecular formula is C15H19ClN4O2S. The van der Waals surface area contributed by atoms with Crippen LogP contribution >= 0.6 is 12.4 Å². The molecule has 1 unspecified atom stereocenters. The summed E-state index contributed by atoms with van der Waals surface area (Å²) in [7, 11) is -3.57. The molecule has 2 N–H and O–H groups in total. The summed E-state index contributed by atoms with van der Waals surface area (Å²) in [5, 5.41) is 0. The molecule has 1 fully saturated rings. The monoisotopic (exact) mass is 354 g/mol. The van der Waals surface area contributed by atoms with Crippen LogP contribution in [-0.2, 0) is 10.0 Å². The van der Waals surface area contributed by atoms with Gasteiger partial charge < -0.3 is 5.73 Å². The van der Waals surface area contributed by atoms with E-state index in [0.717, 1.165) is 18.4 Å². The van der Waals surface area contributed by atoms with Gasteiger partial charge in [-0.3, -0.25) is 0 Å². The SMILES string of the molecule is Cl.NCC1CCCN1S(=O)(=O)c1cnc(-c2ccccc2)nc1. The van der Waals surface area contributed by atoms with Gasteiger partial charge in [-0.25, -0.2) is 18.4 Å². The van der Waals surface area contributed by atoms with Gasteiger partial charge in [-0.1, -0.05) is 30.3 Å². The second kappa shape index (κ2) is 7.35. The van der Waals surface area contributed by atoms with Crippen LogP contribution in [0.4, 0.5) is 0 Å². The van der Waals surface area contributed by atoms with E-state index >= 15 is 0 Å². The number of rotatable bonds is 4. The van der Waals surface area contributed by atoms with Gasteiger partial charge in [0.05, 0.1) is 12.4 Å². The van der Waals surface area contributed by atoms with Crippen LogP contribution in [0, 0.1) is 0 Å². The van der Waals surface area contributed by atoms with E-state index in [0.29, 0.717) is 18.9 Å². The number of benzene rings is 1. The zero-order chi connectivity index (χ0) is 15.6. The Bertz CT molecular complexity index is 738. The Labute approximate surface area is 142 Å². The number of halogens is 1. The van der Waals surface area contributed by atoms with Gasteiger partial charge >= 0.3 is 0 Å². The summed E-state index contributed by atoms with van der Waals surface area (Å²) in [5.41, 5.74) is 6.52. The number of sulfonamides is 1. The molecular weight excluding hydrogens is 336 g/mol. The Hall–Kier alpha value is -1.54. The first kappa shape index (κ1) is 17.8. The van der Waals surface area contributed by atoms with E-state index in [1.165, 1.54) is 16.7 Å². The van der Waals surface area contributed by atoms with E-state index in [-0.39, 0.29) is 23.3 Å². The van der Waals surface area contributed by atoms with Crippen LogP contribution in [0.2, 0.25) is 0 Å². The molecule has 0 saturated carbocycles. The fourth-order valence-electron chi connectivity index (χ4n) is 2.68. The Morgan fingerprint density at radius 3 is 2.43 bits per heavy atom. The standard InChI is InChI=1S/C15H18N4O2S.ClH/c16-9-13-7-4-8-19(13)22(20,21)14-10-17-15(18-11-14)12-5-2-1-3-6-12;/h1-3,5-6,10-11,13H,4,7-9,16H2;1H. The van der Waals surface area contributed by atoms with Crippen molar-refractivity contribution in [1.82, 2.24) is 14.3 Å². The fourth-order valence-corrected chi connectivity index (χ4v) is 4.28. The highest BCUT2D eigenvalue weighted by Gasteiger charge is 2.34. The van der Waals surface area contributed by atoms with Crippen molar-refractivity contribution in [1.29, 1.82) is 0 Å². The molecule has 1 aromatic carbocycles. The highest BCUT2D eigenvalue weighted by Crippen LogP contribution is 2.25. The maximum atomic E-state index is 12.6. The first-order valence-corrected chi connectivity index (χ1v) is 8.66. The van der Waals surface area contributed by atoms with E-state index in [2.05, 4.69) is 9.97 Å². The Morgan fingerprint density at radius 2 is 1.83 bits per heavy atom. The largest absolute Gasteiger partial charge is 0.329 e. The van der Waals surface area contributed by atoms with E-state index in [4.69, 9.17) is 5.73 Å². The highest BCUT2D eigenvalue weighted by molar-refractivity contribution is 7.89. The average Bonchev–Trinajstić information content (AvgIpc) is 3.05. The highest BCUT2D eigenvalue weighted by atomic mass is 35.5. The molecule has 23 heavy (non-hydrogen) atoms. The van der Waals surface area contributed by atoms with Crippen LogP contribution in [0.25, 0.3) is 11.4 Å². The van der Waals surface area contributed by atoms with Gasteiger partial charge in [0.1, 0.15) is 4.90 Å². The molecule has 0 aliphatic carbocycles. The number of hydrogen-bond donors (Lipinski definition) is 1. The molecule has 0 radical (unpaired) electrons. The van der Waals surface area contributed by atoms with Crippen molar-refractivity contribution in [3.05, 3.63) is 42.7 Å². The van der Waals surface area contributed by atoms with Gasteiger partial charge in [-0.2, -0.15) is 4.31 Å². The number of nitrogens with zero attached hydrogens (tertiary/aromatic N) is 3. The third kappa shape index (κ3) is 3.53. The van der Waals surface area contributed by atoms with E-state index in [9.17, 15) is 8.42 Å². The molecule has 1 aromatic heterocycles. The molecule has 0 bridgehead atoms. The van der Waals surface area contributed by atoms with Crippen molar-refractivity contribution in [2.75, 3.05) is 13.1 Å². The minimum Gasteiger partial charge on any atom is -0.329 e. The maximum Gasteiger partial charge on any atom is 0.246 e. The molecule has 3 rings (SSSR count). The fraction of sp³-hybridized carbons (Fsp3) is 0.333. The van der Waals surface area contributed by atoms with Crippen LogP contribution in [0.15, 0.2) is 47.6 Å². The third-order valence-electron chi connectivity index (χ3n) is 3.86. The quantitative estimate of drug-likeness (QED) is 0.902. The number of aromatic nitrogens is 2. The summed E-state index contributed by atoms with van der Waals surface area (Å²) in [6, 6.07) is 9.32. The summed E-state index contributed by atoms with van der Waals surface area (Å²) in [5.74, 6) is 0.511. The van der Waals surface area contributed by atoms with Crippen molar-refractivity contribution >= 4 is 22.4 Å². The van der Waals surface area contributed by atoms with Crippen molar-refractivity contribution in [2.24, 2.45) is 5.73 Å². The van der Waals surface area contributed by atoms with Crippen LogP contribution < -0.4 is 5.73 Å². The minimum absolute atomic E-state index is 0. The van der Waals surface area contributed by atoms with Crippen LogP contribution in [-0.4, -0.2) is 41.8 Å². The van der Waals surface area contributed by atoms with Crippen molar-refractivity contribution < 1.29 is 8.42 Å². The molecule has 1 atom stereocenters. The summed E-state index contributed by atoms with van der Waals surface area (Å²) < 4.78 is 26.8. The molecule has 2 aromatic rings. The average molecular weight is 355 g/mol. The smallest absolute Gasteiger partial charge is 0.246 e. The summed E-state index contributed by atoms with van der Waals surface area (Å²) in [6.07, 6.45) is 4.38. The lowest BCUT2D eigenvalue weighted by Crippen LogP contribution is -2.39. The zero-order valence-corrected chi connectivity index (χ0v) is 14.1. The Morgan fingerprint density at radius 1 is 1.17 bits per heavy atom. The van der Waals surface area contributed by atoms with Crippen molar-refractivity contribution in [3.63, 3.8) is 0 Å². The second-order valence-electron chi connectivity index (χ2n) is 5.26. The molecule has 6 nitrogen and oxygen atoms in total. The number of hydrogen-bond acceptors (Lipinski definition) is 5. The molecule has 1 aliphatic rings. The summed E-state index contributed by atoms with van der Waals surface area (Å²) in [4.78, 5) is 8.50. The molecule has 0 spiro atoms. The normalized spacial score (nSPS) is 18.6. The molecule has 0 amide bonds. The zero-order valence-electron chi connectivity index (χ0n) is 12.5. The minimum atomic E-state index is -3.57. The lowest BCUT2D eigenvalue weighted by atomic mass is 10.2. The summed E-state index contributed by atoms with van der Waals surface area (Å²) in [6.45, 7) is 0.840. The Kier molecular flexibility index (Phi) is 5.69. The third-order valence-corrected chi connectivity index (χ3v) is 5.77. The van der Waals surface area contributed by atoms with E-state index < -0.39 is 10.0 Å². The molecule has 1 saturated heterocycles. The first-order valence-electron chi connectivity index (χ1n) is 7.22. The van der Waals surface area contributed by atoms with Crippen LogP contribution in [0.1, 0.15) is 12.8 Å². The predicted octanol–water partition coefficient (Wildman–Crippen LogP) is 1.68. The van der Waals surface area contributed by atoms with Gasteiger partial charge in [-0.05, 0) is 12.8 Å². The summed E-state index contributed by atoms with van der Waals surface area (Å²) >= 11 is 0. The molecule has 8 heteroatoms. The van der Waals surface area contributed by atoms with E-state index in [1.54, 1.807) is 0 Å². The van der Waals surface area contributed by atoms with Crippen LogP contribution in [0.3, 0.4) is 0 Å². The van der Waals surface area contributed by atoms with Gasteiger partial charge in [-0.15, -0.1) is 12.4 Å². The van der Waals surface area contributed by atoms with Gasteiger partial charge in [0.15, 0.2) is 5.82 Å². The lowest BCUT2D eigenvalue weighted by molar-refractivity contribution is 0.393. The molecule has 2 heterocycles. The van der Waals surface area contributed by atoms with Gasteiger partial charge in [0.2, 0.25) is 10.0 Å². The molecule has 1 aliphatic heterocycles. The van der Waals surface area contributed by atoms with Crippen molar-refractivity contribution in [2.45, 2.75) is 23.8 Å². The topological polar surface area (TPSA) is 89.2 Å². The van der Waals surface area contributed by atoms with Gasteiger partial charge in [0.25, 0.3) is 0 Å². The van der Waals surface area contributed by atoms with Crippen LogP contribution in [0.5, 0.6) is 0 Å².